The fraction of sp³-hybridized carbons (Fsp3) is 0.471. The Morgan fingerprint density at radius 3 is 2.05 bits per heavy atom. The first-order chi connectivity index (χ1) is 9.38. The summed E-state index contributed by atoms with van der Waals surface area (Å²) in [5, 5.41) is 0. The van der Waals surface area contributed by atoms with Gasteiger partial charge in [0.2, 0.25) is 5.91 Å². The predicted molar refractivity (Wildman–Crippen MR) is 89.4 cm³/mol. The minimum atomic E-state index is 0.0929. The molecular formula is C17H24BrNO. The van der Waals surface area contributed by atoms with E-state index in [0.29, 0.717) is 11.8 Å². The van der Waals surface area contributed by atoms with Crippen molar-refractivity contribution in [1.29, 1.82) is 0 Å². The van der Waals surface area contributed by atoms with Crippen LogP contribution in [0.15, 0.2) is 34.8 Å². The number of carbonyl (C=O) groups is 1. The van der Waals surface area contributed by atoms with E-state index in [1.54, 1.807) is 6.08 Å². The monoisotopic (exact) mass is 337 g/mol. The minimum Gasteiger partial charge on any atom is -0.339 e. The third-order valence-corrected chi connectivity index (χ3v) is 3.30. The second-order valence-electron chi connectivity index (χ2n) is 5.92. The topological polar surface area (TPSA) is 20.3 Å². The number of hydrogen-bond donors (Lipinski definition) is 0. The van der Waals surface area contributed by atoms with Crippen LogP contribution in [0.3, 0.4) is 0 Å². The molecule has 0 spiro atoms. The van der Waals surface area contributed by atoms with Crippen molar-refractivity contribution < 1.29 is 4.79 Å². The van der Waals surface area contributed by atoms with Gasteiger partial charge in [0.15, 0.2) is 0 Å². The number of amides is 1. The third kappa shape index (κ3) is 6.38. The fourth-order valence-electron chi connectivity index (χ4n) is 1.98. The molecule has 0 aliphatic carbocycles. The van der Waals surface area contributed by atoms with Crippen LogP contribution in [0, 0.1) is 11.8 Å². The molecule has 0 saturated heterocycles. The lowest BCUT2D eigenvalue weighted by atomic mass is 10.1. The molecule has 1 aromatic rings. The van der Waals surface area contributed by atoms with Crippen LogP contribution in [-0.2, 0) is 4.79 Å². The number of nitrogens with zero attached hydrogens (tertiary/aromatic N) is 1. The van der Waals surface area contributed by atoms with E-state index >= 15 is 0 Å². The van der Waals surface area contributed by atoms with E-state index in [1.807, 2.05) is 35.2 Å². The predicted octanol–water partition coefficient (Wildman–Crippen LogP) is 4.60. The summed E-state index contributed by atoms with van der Waals surface area (Å²) in [5.74, 6) is 1.06. The summed E-state index contributed by atoms with van der Waals surface area (Å²) in [6.45, 7) is 10.2. The van der Waals surface area contributed by atoms with Gasteiger partial charge in [0.25, 0.3) is 0 Å². The lowest BCUT2D eigenvalue weighted by Gasteiger charge is -2.25. The van der Waals surface area contributed by atoms with Crippen molar-refractivity contribution in [2.45, 2.75) is 27.7 Å². The molecule has 2 nitrogen and oxygen atoms in total. The average Bonchev–Trinajstić information content (AvgIpc) is 2.36. The highest BCUT2D eigenvalue weighted by Gasteiger charge is 2.13. The van der Waals surface area contributed by atoms with Gasteiger partial charge in [-0.2, -0.15) is 0 Å². The van der Waals surface area contributed by atoms with Gasteiger partial charge in [-0.15, -0.1) is 0 Å². The first kappa shape index (κ1) is 17.0. The van der Waals surface area contributed by atoms with Crippen LogP contribution in [0.5, 0.6) is 0 Å². The number of hydrogen-bond acceptors (Lipinski definition) is 1. The molecule has 0 radical (unpaired) electrons. The molecule has 0 aliphatic rings. The normalized spacial score (nSPS) is 11.6. The van der Waals surface area contributed by atoms with E-state index in [4.69, 9.17) is 0 Å². The van der Waals surface area contributed by atoms with Crippen LogP contribution in [0.1, 0.15) is 33.3 Å². The van der Waals surface area contributed by atoms with Gasteiger partial charge in [-0.3, -0.25) is 4.79 Å². The van der Waals surface area contributed by atoms with Crippen molar-refractivity contribution >= 4 is 27.9 Å². The summed E-state index contributed by atoms with van der Waals surface area (Å²) in [7, 11) is 0. The van der Waals surface area contributed by atoms with Gasteiger partial charge in [-0.05, 0) is 35.6 Å². The third-order valence-electron chi connectivity index (χ3n) is 2.77. The molecule has 20 heavy (non-hydrogen) atoms. The lowest BCUT2D eigenvalue weighted by molar-refractivity contribution is -0.127. The maximum Gasteiger partial charge on any atom is 0.246 e. The van der Waals surface area contributed by atoms with Crippen molar-refractivity contribution in [3.8, 4) is 0 Å². The Bertz CT molecular complexity index is 439. The summed E-state index contributed by atoms with van der Waals surface area (Å²) in [4.78, 5) is 14.2. The highest BCUT2D eigenvalue weighted by molar-refractivity contribution is 9.10. The average molecular weight is 338 g/mol. The zero-order valence-corrected chi connectivity index (χ0v) is 14.4. The molecule has 1 amide bonds. The lowest BCUT2D eigenvalue weighted by Crippen LogP contribution is -2.35. The Balaban J connectivity index is 2.71. The molecule has 3 heteroatoms. The summed E-state index contributed by atoms with van der Waals surface area (Å²) >= 11 is 3.40. The number of rotatable bonds is 6. The Hall–Kier alpha value is -1.09. The van der Waals surface area contributed by atoms with Crippen LogP contribution in [0.4, 0.5) is 0 Å². The van der Waals surface area contributed by atoms with Crippen molar-refractivity contribution in [2.75, 3.05) is 13.1 Å². The maximum absolute atomic E-state index is 12.3. The molecule has 0 saturated carbocycles. The van der Waals surface area contributed by atoms with Gasteiger partial charge >= 0.3 is 0 Å². The zero-order chi connectivity index (χ0) is 15.1. The van der Waals surface area contributed by atoms with E-state index in [1.165, 1.54) is 0 Å². The van der Waals surface area contributed by atoms with Gasteiger partial charge in [-0.25, -0.2) is 0 Å². The van der Waals surface area contributed by atoms with Crippen molar-refractivity contribution in [1.82, 2.24) is 4.90 Å². The minimum absolute atomic E-state index is 0.0929. The molecule has 0 heterocycles. The quantitative estimate of drug-likeness (QED) is 0.694. The van der Waals surface area contributed by atoms with Crippen LogP contribution in [0.25, 0.3) is 6.08 Å². The van der Waals surface area contributed by atoms with Crippen LogP contribution < -0.4 is 0 Å². The molecule has 0 unspecified atom stereocenters. The molecule has 110 valence electrons. The maximum atomic E-state index is 12.3. The first-order valence-electron chi connectivity index (χ1n) is 7.11. The molecule has 0 aromatic heterocycles. The summed E-state index contributed by atoms with van der Waals surface area (Å²) in [6.07, 6.45) is 3.55. The molecule has 0 fully saturated rings. The Morgan fingerprint density at radius 1 is 1.10 bits per heavy atom. The van der Waals surface area contributed by atoms with Gasteiger partial charge in [0.1, 0.15) is 0 Å². The van der Waals surface area contributed by atoms with Gasteiger partial charge in [-0.1, -0.05) is 55.8 Å². The molecule has 0 bridgehead atoms. The summed E-state index contributed by atoms with van der Waals surface area (Å²) < 4.78 is 1.04. The smallest absolute Gasteiger partial charge is 0.246 e. The second kappa shape index (κ2) is 8.25. The molecular weight excluding hydrogens is 314 g/mol. The molecule has 0 aliphatic heterocycles. The van der Waals surface area contributed by atoms with Crippen LogP contribution >= 0.6 is 15.9 Å². The summed E-state index contributed by atoms with van der Waals surface area (Å²) in [5.41, 5.74) is 1.04. The van der Waals surface area contributed by atoms with Crippen molar-refractivity contribution in [3.05, 3.63) is 40.4 Å². The molecule has 1 aromatic carbocycles. The standard InChI is InChI=1S/C17H24BrNO/c1-13(2)11-19(12-14(3)4)17(20)10-7-15-5-8-16(18)9-6-15/h5-10,13-14H,11-12H2,1-4H3. The van der Waals surface area contributed by atoms with E-state index < -0.39 is 0 Å². The van der Waals surface area contributed by atoms with E-state index in [-0.39, 0.29) is 5.91 Å². The van der Waals surface area contributed by atoms with Gasteiger partial charge in [0, 0.05) is 23.6 Å². The van der Waals surface area contributed by atoms with Gasteiger partial charge in [0.05, 0.1) is 0 Å². The van der Waals surface area contributed by atoms with E-state index in [0.717, 1.165) is 23.1 Å². The Kier molecular flexibility index (Phi) is 7.00. The highest BCUT2D eigenvalue weighted by atomic mass is 79.9. The van der Waals surface area contributed by atoms with Gasteiger partial charge < -0.3 is 4.90 Å². The largest absolute Gasteiger partial charge is 0.339 e. The van der Waals surface area contributed by atoms with Crippen LogP contribution in [0.2, 0.25) is 0 Å². The second-order valence-corrected chi connectivity index (χ2v) is 6.83. The summed E-state index contributed by atoms with van der Waals surface area (Å²) in [6, 6.07) is 7.93. The number of benzene rings is 1. The molecule has 0 atom stereocenters. The first-order valence-corrected chi connectivity index (χ1v) is 7.90. The number of halogens is 1. The van der Waals surface area contributed by atoms with Crippen LogP contribution in [-0.4, -0.2) is 23.9 Å². The molecule has 0 N–H and O–H groups in total. The molecule has 1 rings (SSSR count). The van der Waals surface area contributed by atoms with E-state index in [2.05, 4.69) is 43.6 Å². The number of carbonyl (C=O) groups excluding carboxylic acids is 1. The van der Waals surface area contributed by atoms with Crippen molar-refractivity contribution in [3.63, 3.8) is 0 Å². The van der Waals surface area contributed by atoms with E-state index in [9.17, 15) is 4.79 Å². The Labute approximate surface area is 131 Å². The van der Waals surface area contributed by atoms with Crippen molar-refractivity contribution in [2.24, 2.45) is 11.8 Å². The highest BCUT2D eigenvalue weighted by Crippen LogP contribution is 2.12. The Morgan fingerprint density at radius 2 is 1.60 bits per heavy atom. The zero-order valence-electron chi connectivity index (χ0n) is 12.8. The SMILES string of the molecule is CC(C)CN(CC(C)C)C(=O)C=Cc1ccc(Br)cc1. The fourth-order valence-corrected chi connectivity index (χ4v) is 2.25.